The summed E-state index contributed by atoms with van der Waals surface area (Å²) in [6, 6.07) is 14.7. The Bertz CT molecular complexity index is 1180. The number of aliphatic carboxylic acids is 1. The summed E-state index contributed by atoms with van der Waals surface area (Å²) in [6.07, 6.45) is -0.800. The molecule has 0 saturated heterocycles. The SMILES string of the molecule is CC(ON=Cc1cc(Br)c(Oc2ccc(O)c(C(O)c3cccc(Cl)c3)c2)c(Br)c1)C(=O)O. The zero-order chi connectivity index (χ0) is 24.1. The maximum atomic E-state index is 10.8. The number of carbonyl (C=O) groups is 1. The highest BCUT2D eigenvalue weighted by Gasteiger charge is 2.18. The molecule has 0 radical (unpaired) electrons. The number of carboxylic acids is 1. The van der Waals surface area contributed by atoms with Crippen molar-refractivity contribution >= 4 is 55.6 Å². The van der Waals surface area contributed by atoms with Gasteiger partial charge in [-0.15, -0.1) is 0 Å². The summed E-state index contributed by atoms with van der Waals surface area (Å²) in [6.45, 7) is 1.37. The van der Waals surface area contributed by atoms with Gasteiger partial charge >= 0.3 is 5.97 Å². The van der Waals surface area contributed by atoms with Crippen LogP contribution >= 0.6 is 43.5 Å². The van der Waals surface area contributed by atoms with E-state index in [2.05, 4.69) is 37.0 Å². The van der Waals surface area contributed by atoms with E-state index in [1.165, 1.54) is 25.3 Å². The van der Waals surface area contributed by atoms with E-state index in [4.69, 9.17) is 26.3 Å². The predicted molar refractivity (Wildman–Crippen MR) is 131 cm³/mol. The van der Waals surface area contributed by atoms with E-state index >= 15 is 0 Å². The minimum absolute atomic E-state index is 0.0879. The Balaban J connectivity index is 1.83. The van der Waals surface area contributed by atoms with Gasteiger partial charge in [0.05, 0.1) is 15.2 Å². The molecule has 10 heteroatoms. The first-order valence-electron chi connectivity index (χ1n) is 9.51. The van der Waals surface area contributed by atoms with Gasteiger partial charge in [-0.1, -0.05) is 28.9 Å². The van der Waals surface area contributed by atoms with Crippen molar-refractivity contribution in [1.82, 2.24) is 0 Å². The minimum Gasteiger partial charge on any atom is -0.508 e. The molecule has 0 bridgehead atoms. The monoisotopic (exact) mass is 597 g/mol. The van der Waals surface area contributed by atoms with E-state index in [1.54, 1.807) is 42.5 Å². The summed E-state index contributed by atoms with van der Waals surface area (Å²) >= 11 is 12.9. The van der Waals surface area contributed by atoms with Crippen LogP contribution in [0, 0.1) is 0 Å². The van der Waals surface area contributed by atoms with Crippen LogP contribution in [0.15, 0.2) is 68.7 Å². The van der Waals surface area contributed by atoms with E-state index in [-0.39, 0.29) is 11.3 Å². The molecule has 3 aromatic rings. The smallest absolute Gasteiger partial charge is 0.347 e. The van der Waals surface area contributed by atoms with Crippen LogP contribution in [0.5, 0.6) is 17.2 Å². The van der Waals surface area contributed by atoms with E-state index in [0.29, 0.717) is 36.6 Å². The number of benzene rings is 3. The molecule has 172 valence electrons. The van der Waals surface area contributed by atoms with E-state index in [1.807, 2.05) is 0 Å². The fraction of sp³-hybridized carbons (Fsp3) is 0.130. The van der Waals surface area contributed by atoms with E-state index < -0.39 is 18.2 Å². The summed E-state index contributed by atoms with van der Waals surface area (Å²) in [5, 5.41) is 34.0. The van der Waals surface area contributed by atoms with Crippen molar-refractivity contribution in [3.63, 3.8) is 0 Å². The highest BCUT2D eigenvalue weighted by Crippen LogP contribution is 2.40. The Morgan fingerprint density at radius 2 is 1.82 bits per heavy atom. The Labute approximate surface area is 211 Å². The number of phenolic OH excluding ortho intramolecular Hbond substituents is 1. The summed E-state index contributed by atoms with van der Waals surface area (Å²) in [4.78, 5) is 15.6. The number of carboxylic acid groups (broad SMARTS) is 1. The second-order valence-electron chi connectivity index (χ2n) is 6.91. The molecule has 0 aliphatic carbocycles. The van der Waals surface area contributed by atoms with Crippen molar-refractivity contribution in [2.45, 2.75) is 19.1 Å². The lowest BCUT2D eigenvalue weighted by molar-refractivity contribution is -0.149. The van der Waals surface area contributed by atoms with Gasteiger partial charge in [0.2, 0.25) is 6.10 Å². The second kappa shape index (κ2) is 11.0. The van der Waals surface area contributed by atoms with Crippen LogP contribution in [-0.4, -0.2) is 33.6 Å². The van der Waals surface area contributed by atoms with Gasteiger partial charge in [-0.05, 0) is 92.4 Å². The summed E-state index contributed by atoms with van der Waals surface area (Å²) in [5.41, 5.74) is 1.41. The van der Waals surface area contributed by atoms with Crippen LogP contribution in [0.3, 0.4) is 0 Å². The third-order valence-electron chi connectivity index (χ3n) is 4.47. The van der Waals surface area contributed by atoms with E-state index in [0.717, 1.165) is 0 Å². The first kappa shape index (κ1) is 25.0. The van der Waals surface area contributed by atoms with Gasteiger partial charge in [-0.2, -0.15) is 0 Å². The van der Waals surface area contributed by atoms with Gasteiger partial charge in [0.15, 0.2) is 5.75 Å². The largest absolute Gasteiger partial charge is 0.508 e. The number of nitrogens with zero attached hydrogens (tertiary/aromatic N) is 1. The van der Waals surface area contributed by atoms with Gasteiger partial charge in [-0.25, -0.2) is 4.79 Å². The minimum atomic E-state index is -1.12. The number of halogens is 3. The van der Waals surface area contributed by atoms with Gasteiger partial charge in [-0.3, -0.25) is 0 Å². The lowest BCUT2D eigenvalue weighted by atomic mass is 10.0. The van der Waals surface area contributed by atoms with Crippen molar-refractivity contribution in [2.75, 3.05) is 0 Å². The van der Waals surface area contributed by atoms with Crippen LogP contribution in [0.4, 0.5) is 0 Å². The topological polar surface area (TPSA) is 109 Å². The molecule has 0 aliphatic rings. The number of phenols is 1. The molecule has 7 nitrogen and oxygen atoms in total. The maximum Gasteiger partial charge on any atom is 0.347 e. The number of rotatable bonds is 8. The number of hydrogen-bond donors (Lipinski definition) is 3. The summed E-state index contributed by atoms with van der Waals surface area (Å²) < 4.78 is 7.14. The normalized spacial score (nSPS) is 13.0. The lowest BCUT2D eigenvalue weighted by Gasteiger charge is -2.16. The molecule has 0 fully saturated rings. The number of aromatic hydroxyl groups is 1. The average molecular weight is 600 g/mol. The molecule has 0 aliphatic heterocycles. The van der Waals surface area contributed by atoms with Crippen molar-refractivity contribution < 1.29 is 29.7 Å². The summed E-state index contributed by atoms with van der Waals surface area (Å²) in [5.74, 6) is -0.381. The molecule has 0 heterocycles. The molecule has 3 N–H and O–H groups in total. The molecule has 0 amide bonds. The fourth-order valence-electron chi connectivity index (χ4n) is 2.77. The Morgan fingerprint density at radius 3 is 2.45 bits per heavy atom. The maximum absolute atomic E-state index is 10.8. The zero-order valence-corrected chi connectivity index (χ0v) is 21.0. The molecule has 0 saturated carbocycles. The number of aliphatic hydroxyl groups is 1. The quantitative estimate of drug-likeness (QED) is 0.208. The average Bonchev–Trinajstić information content (AvgIpc) is 2.76. The van der Waals surface area contributed by atoms with Crippen molar-refractivity contribution in [3.8, 4) is 17.2 Å². The van der Waals surface area contributed by atoms with E-state index in [9.17, 15) is 15.0 Å². The molecule has 0 spiro atoms. The zero-order valence-electron chi connectivity index (χ0n) is 17.1. The Morgan fingerprint density at radius 1 is 1.12 bits per heavy atom. The van der Waals surface area contributed by atoms with Crippen LogP contribution in [-0.2, 0) is 9.63 Å². The van der Waals surface area contributed by atoms with Crippen molar-refractivity contribution in [3.05, 3.63) is 85.3 Å². The van der Waals surface area contributed by atoms with Crippen molar-refractivity contribution in [2.24, 2.45) is 5.16 Å². The number of ether oxygens (including phenoxy) is 1. The molecule has 0 aromatic heterocycles. The van der Waals surface area contributed by atoms with Gasteiger partial charge in [0.1, 0.15) is 17.6 Å². The molecule has 3 aromatic carbocycles. The first-order chi connectivity index (χ1) is 15.7. The number of hydrogen-bond acceptors (Lipinski definition) is 6. The number of aliphatic hydroxyl groups excluding tert-OH is 1. The third-order valence-corrected chi connectivity index (χ3v) is 5.88. The molecular weight excluding hydrogens is 582 g/mol. The molecule has 2 atom stereocenters. The standard InChI is InChI=1S/C23H18Br2ClNO6/c1-12(23(30)31)33-27-11-13-7-18(24)22(19(25)8-13)32-16-5-6-20(28)17(10-16)21(29)14-3-2-4-15(26)9-14/h2-12,21,28-29H,1H3,(H,30,31). The molecular formula is C23H18Br2ClNO6. The lowest BCUT2D eigenvalue weighted by Crippen LogP contribution is -2.17. The van der Waals surface area contributed by atoms with Gasteiger partial charge in [0, 0.05) is 10.6 Å². The molecule has 3 rings (SSSR count). The highest BCUT2D eigenvalue weighted by atomic mass is 79.9. The van der Waals surface area contributed by atoms with Crippen LogP contribution in [0.2, 0.25) is 5.02 Å². The van der Waals surface area contributed by atoms with Gasteiger partial charge in [0.25, 0.3) is 0 Å². The third kappa shape index (κ3) is 6.48. The summed E-state index contributed by atoms with van der Waals surface area (Å²) in [7, 11) is 0. The van der Waals surface area contributed by atoms with Crippen LogP contribution in [0.1, 0.15) is 29.7 Å². The van der Waals surface area contributed by atoms with Gasteiger partial charge < -0.3 is 24.9 Å². The second-order valence-corrected chi connectivity index (χ2v) is 9.06. The Hall–Kier alpha value is -2.59. The van der Waals surface area contributed by atoms with Crippen molar-refractivity contribution in [1.29, 1.82) is 0 Å². The molecule has 33 heavy (non-hydrogen) atoms. The predicted octanol–water partition coefficient (Wildman–Crippen LogP) is 6.27. The molecule has 2 unspecified atom stereocenters. The Kier molecular flexibility index (Phi) is 8.36. The number of oxime groups is 1. The van der Waals surface area contributed by atoms with Crippen LogP contribution in [0.25, 0.3) is 0 Å². The highest BCUT2D eigenvalue weighted by molar-refractivity contribution is 9.11. The fourth-order valence-corrected chi connectivity index (χ4v) is 4.35. The first-order valence-corrected chi connectivity index (χ1v) is 11.5. The van der Waals surface area contributed by atoms with Crippen LogP contribution < -0.4 is 4.74 Å².